The number of halogens is 3. The summed E-state index contributed by atoms with van der Waals surface area (Å²) in [7, 11) is 0. The molecule has 0 heterocycles. The molecule has 0 unspecified atom stereocenters. The standard InChI is InChI=1S/C6H9Cl3O/c1-2-5(4-10)3-6(7,8)9/h3,10H,2,4H2,1H3/b5-3-. The van der Waals surface area contributed by atoms with Gasteiger partial charge in [0.2, 0.25) is 3.79 Å². The number of aliphatic hydroxyl groups excluding tert-OH is 1. The van der Waals surface area contributed by atoms with E-state index < -0.39 is 3.79 Å². The third kappa shape index (κ3) is 5.36. The van der Waals surface area contributed by atoms with E-state index in [1.807, 2.05) is 6.92 Å². The summed E-state index contributed by atoms with van der Waals surface area (Å²) in [6.45, 7) is 1.84. The molecule has 60 valence electrons. The van der Waals surface area contributed by atoms with Crippen molar-refractivity contribution in [2.45, 2.75) is 17.1 Å². The van der Waals surface area contributed by atoms with Crippen LogP contribution in [0.15, 0.2) is 11.6 Å². The molecule has 0 amide bonds. The fraction of sp³-hybridized carbons (Fsp3) is 0.667. The van der Waals surface area contributed by atoms with E-state index >= 15 is 0 Å². The van der Waals surface area contributed by atoms with Gasteiger partial charge < -0.3 is 5.11 Å². The van der Waals surface area contributed by atoms with Crippen LogP contribution in [0, 0.1) is 0 Å². The summed E-state index contributed by atoms with van der Waals surface area (Å²) in [5, 5.41) is 8.65. The van der Waals surface area contributed by atoms with Crippen molar-refractivity contribution in [2.75, 3.05) is 6.61 Å². The summed E-state index contributed by atoms with van der Waals surface area (Å²) in [4.78, 5) is 0. The van der Waals surface area contributed by atoms with Gasteiger partial charge in [0, 0.05) is 0 Å². The van der Waals surface area contributed by atoms with Gasteiger partial charge in [0.25, 0.3) is 0 Å². The third-order valence-electron chi connectivity index (χ3n) is 1.03. The van der Waals surface area contributed by atoms with Gasteiger partial charge in [-0.2, -0.15) is 0 Å². The Kier molecular flexibility index (Phi) is 4.70. The molecule has 0 rings (SSSR count). The van der Waals surface area contributed by atoms with Crippen molar-refractivity contribution in [3.8, 4) is 0 Å². The Labute approximate surface area is 75.6 Å². The van der Waals surface area contributed by atoms with E-state index in [1.165, 1.54) is 6.08 Å². The zero-order valence-electron chi connectivity index (χ0n) is 5.57. The number of alkyl halides is 3. The van der Waals surface area contributed by atoms with E-state index in [-0.39, 0.29) is 6.61 Å². The van der Waals surface area contributed by atoms with Crippen LogP contribution >= 0.6 is 34.8 Å². The van der Waals surface area contributed by atoms with Crippen LogP contribution in [0.2, 0.25) is 0 Å². The van der Waals surface area contributed by atoms with Gasteiger partial charge in [0.1, 0.15) is 0 Å². The molecule has 0 saturated heterocycles. The molecule has 0 spiro atoms. The molecule has 0 aliphatic rings. The molecule has 0 fully saturated rings. The van der Waals surface area contributed by atoms with E-state index in [2.05, 4.69) is 0 Å². The van der Waals surface area contributed by atoms with E-state index in [9.17, 15) is 0 Å². The zero-order chi connectivity index (χ0) is 8.20. The Morgan fingerprint density at radius 2 is 2.00 bits per heavy atom. The maximum Gasteiger partial charge on any atom is 0.209 e. The lowest BCUT2D eigenvalue weighted by Crippen LogP contribution is -2.00. The predicted octanol–water partition coefficient (Wildman–Crippen LogP) is 2.69. The maximum absolute atomic E-state index is 8.65. The Balaban J connectivity index is 4.11. The van der Waals surface area contributed by atoms with Gasteiger partial charge in [-0.25, -0.2) is 0 Å². The topological polar surface area (TPSA) is 20.2 Å². The monoisotopic (exact) mass is 202 g/mol. The zero-order valence-corrected chi connectivity index (χ0v) is 7.84. The van der Waals surface area contributed by atoms with Crippen LogP contribution in [0.3, 0.4) is 0 Å². The molecule has 0 aliphatic heterocycles. The van der Waals surface area contributed by atoms with Crippen molar-refractivity contribution in [1.29, 1.82) is 0 Å². The molecule has 1 N–H and O–H groups in total. The van der Waals surface area contributed by atoms with Crippen LogP contribution in [0.5, 0.6) is 0 Å². The van der Waals surface area contributed by atoms with Gasteiger partial charge in [0.15, 0.2) is 0 Å². The van der Waals surface area contributed by atoms with Gasteiger partial charge in [-0.1, -0.05) is 41.7 Å². The minimum Gasteiger partial charge on any atom is -0.392 e. The highest BCUT2D eigenvalue weighted by Gasteiger charge is 2.15. The smallest absolute Gasteiger partial charge is 0.209 e. The number of hydrogen-bond acceptors (Lipinski definition) is 1. The van der Waals surface area contributed by atoms with Crippen LogP contribution in [-0.2, 0) is 0 Å². The van der Waals surface area contributed by atoms with Crippen molar-refractivity contribution in [1.82, 2.24) is 0 Å². The molecule has 0 aromatic heterocycles. The lowest BCUT2D eigenvalue weighted by Gasteiger charge is -2.06. The highest BCUT2D eigenvalue weighted by Crippen LogP contribution is 2.29. The van der Waals surface area contributed by atoms with Gasteiger partial charge in [0.05, 0.1) is 6.61 Å². The minimum absolute atomic E-state index is 0.0512. The van der Waals surface area contributed by atoms with Crippen molar-refractivity contribution in [3.63, 3.8) is 0 Å². The first-order chi connectivity index (χ1) is 4.49. The molecule has 10 heavy (non-hydrogen) atoms. The van der Waals surface area contributed by atoms with Gasteiger partial charge in [-0.15, -0.1) is 0 Å². The highest BCUT2D eigenvalue weighted by atomic mass is 35.6. The predicted molar refractivity (Wildman–Crippen MR) is 45.7 cm³/mol. The van der Waals surface area contributed by atoms with E-state index in [0.29, 0.717) is 6.42 Å². The highest BCUT2D eigenvalue weighted by molar-refractivity contribution is 6.68. The average molecular weight is 203 g/mol. The largest absolute Gasteiger partial charge is 0.392 e. The summed E-state index contributed by atoms with van der Waals surface area (Å²) >= 11 is 16.3. The molecule has 0 bridgehead atoms. The fourth-order valence-corrected chi connectivity index (χ4v) is 0.954. The summed E-state index contributed by atoms with van der Waals surface area (Å²) in [5.74, 6) is 0. The quantitative estimate of drug-likeness (QED) is 0.540. The summed E-state index contributed by atoms with van der Waals surface area (Å²) < 4.78 is -1.38. The Hall–Kier alpha value is 0.570. The molecule has 0 saturated carbocycles. The fourth-order valence-electron chi connectivity index (χ4n) is 0.491. The van der Waals surface area contributed by atoms with Gasteiger partial charge in [-0.3, -0.25) is 0 Å². The Morgan fingerprint density at radius 3 is 2.10 bits per heavy atom. The van der Waals surface area contributed by atoms with Crippen LogP contribution in [0.1, 0.15) is 13.3 Å². The summed E-state index contributed by atoms with van der Waals surface area (Å²) in [6, 6.07) is 0. The molecule has 1 nitrogen and oxygen atoms in total. The number of hydrogen-bond donors (Lipinski definition) is 1. The van der Waals surface area contributed by atoms with E-state index in [0.717, 1.165) is 5.57 Å². The lowest BCUT2D eigenvalue weighted by atomic mass is 10.2. The molecule has 0 aromatic carbocycles. The van der Waals surface area contributed by atoms with Crippen molar-refractivity contribution in [2.24, 2.45) is 0 Å². The third-order valence-corrected chi connectivity index (χ3v) is 1.35. The number of allylic oxidation sites excluding steroid dienone is 1. The van der Waals surface area contributed by atoms with Gasteiger partial charge >= 0.3 is 0 Å². The summed E-state index contributed by atoms with van der Waals surface area (Å²) in [6.07, 6.45) is 2.13. The minimum atomic E-state index is -1.38. The van der Waals surface area contributed by atoms with Gasteiger partial charge in [-0.05, 0) is 18.1 Å². The summed E-state index contributed by atoms with van der Waals surface area (Å²) in [5.41, 5.74) is 0.736. The molecule has 4 heteroatoms. The second-order valence-electron chi connectivity index (χ2n) is 1.86. The second-order valence-corrected chi connectivity index (χ2v) is 4.22. The number of aliphatic hydroxyl groups is 1. The first kappa shape index (κ1) is 10.6. The first-order valence-electron chi connectivity index (χ1n) is 2.87. The molecule has 0 atom stereocenters. The SMILES string of the molecule is CC/C(=C/C(Cl)(Cl)Cl)CO. The number of rotatable bonds is 2. The van der Waals surface area contributed by atoms with Crippen molar-refractivity contribution < 1.29 is 5.11 Å². The van der Waals surface area contributed by atoms with Crippen LogP contribution in [0.4, 0.5) is 0 Å². The van der Waals surface area contributed by atoms with Crippen LogP contribution in [0.25, 0.3) is 0 Å². The second kappa shape index (κ2) is 4.45. The lowest BCUT2D eigenvalue weighted by molar-refractivity contribution is 0.327. The van der Waals surface area contributed by atoms with Crippen LogP contribution in [-0.4, -0.2) is 15.5 Å². The molecule has 0 radical (unpaired) electrons. The Bertz CT molecular complexity index is 119. The molecule has 0 aliphatic carbocycles. The van der Waals surface area contributed by atoms with Crippen molar-refractivity contribution in [3.05, 3.63) is 11.6 Å². The molecule has 0 aromatic rings. The molecular weight excluding hydrogens is 194 g/mol. The molecular formula is C6H9Cl3O. The Morgan fingerprint density at radius 1 is 1.50 bits per heavy atom. The maximum atomic E-state index is 8.65. The van der Waals surface area contributed by atoms with E-state index in [1.54, 1.807) is 0 Å². The van der Waals surface area contributed by atoms with E-state index in [4.69, 9.17) is 39.9 Å². The first-order valence-corrected chi connectivity index (χ1v) is 4.01. The van der Waals surface area contributed by atoms with Crippen molar-refractivity contribution >= 4 is 34.8 Å². The van der Waals surface area contributed by atoms with Crippen LogP contribution < -0.4 is 0 Å². The normalized spacial score (nSPS) is 13.9. The average Bonchev–Trinajstić information content (AvgIpc) is 1.81.